The third-order valence-electron chi connectivity index (χ3n) is 7.60. The van der Waals surface area contributed by atoms with Crippen molar-refractivity contribution in [3.63, 3.8) is 0 Å². The number of ether oxygens (including phenoxy) is 6. The van der Waals surface area contributed by atoms with Gasteiger partial charge in [-0.3, -0.25) is 9.80 Å². The van der Waals surface area contributed by atoms with Crippen LogP contribution in [0.3, 0.4) is 0 Å². The van der Waals surface area contributed by atoms with E-state index in [1.165, 1.54) is 12.7 Å². The molecule has 0 fully saturated rings. The van der Waals surface area contributed by atoms with Gasteiger partial charge in [0, 0.05) is 29.8 Å². The number of nitrogens with zero attached hydrogens (tertiary/aromatic N) is 2. The summed E-state index contributed by atoms with van der Waals surface area (Å²) >= 11 is 0. The van der Waals surface area contributed by atoms with E-state index in [1.54, 1.807) is 14.2 Å². The van der Waals surface area contributed by atoms with Gasteiger partial charge in [-0.15, -0.1) is 0 Å². The fraction of sp³-hybridized carbons (Fsp3) is 0.519. The second-order valence-corrected chi connectivity index (χ2v) is 9.20. The zero-order chi connectivity index (χ0) is 25.6. The maximum absolute atomic E-state index is 13.2. The maximum atomic E-state index is 13.2. The van der Waals surface area contributed by atoms with Crippen molar-refractivity contribution >= 4 is 5.97 Å². The molecule has 0 bridgehead atoms. The third kappa shape index (κ3) is 3.64. The summed E-state index contributed by atoms with van der Waals surface area (Å²) in [5.41, 5.74) is 4.46. The van der Waals surface area contributed by atoms with E-state index in [9.17, 15) is 4.79 Å². The first-order valence-electron chi connectivity index (χ1n) is 12.4. The molecule has 0 radical (unpaired) electrons. The lowest BCUT2D eigenvalue weighted by Gasteiger charge is -2.39. The molecule has 2 aromatic carbocycles. The topological polar surface area (TPSA) is 78.9 Å². The van der Waals surface area contributed by atoms with Crippen LogP contribution in [0, 0.1) is 0 Å². The zero-order valence-electron chi connectivity index (χ0n) is 21.8. The normalized spacial score (nSPS) is 20.2. The van der Waals surface area contributed by atoms with Gasteiger partial charge in [0.25, 0.3) is 0 Å². The monoisotopic (exact) mass is 498 g/mol. The lowest BCUT2D eigenvalue weighted by Crippen LogP contribution is -2.37. The lowest BCUT2D eigenvalue weighted by atomic mass is 9.83. The number of carbonyl (C=O) groups excluding carboxylic acids is 1. The highest BCUT2D eigenvalue weighted by atomic mass is 16.7. The summed E-state index contributed by atoms with van der Waals surface area (Å²) in [7, 11) is 6.78. The molecule has 36 heavy (non-hydrogen) atoms. The van der Waals surface area contributed by atoms with E-state index < -0.39 is 12.1 Å². The van der Waals surface area contributed by atoms with Crippen LogP contribution in [0.1, 0.15) is 58.6 Å². The molecule has 0 spiro atoms. The van der Waals surface area contributed by atoms with Crippen LogP contribution < -0.4 is 23.7 Å². The molecule has 3 aliphatic rings. The summed E-state index contributed by atoms with van der Waals surface area (Å²) in [5.74, 6) is 2.48. The summed E-state index contributed by atoms with van der Waals surface area (Å²) in [6.45, 7) is 7.85. The molecule has 0 saturated carbocycles. The highest BCUT2D eigenvalue weighted by Gasteiger charge is 2.47. The number of cyclic esters (lactones) is 1. The van der Waals surface area contributed by atoms with Crippen LogP contribution >= 0.6 is 0 Å². The second-order valence-electron chi connectivity index (χ2n) is 9.20. The molecule has 9 heteroatoms. The van der Waals surface area contributed by atoms with Crippen molar-refractivity contribution in [1.82, 2.24) is 9.80 Å². The second kappa shape index (κ2) is 9.71. The Bertz CT molecular complexity index is 1180. The smallest absolute Gasteiger partial charge is 0.343 e. The van der Waals surface area contributed by atoms with Gasteiger partial charge >= 0.3 is 5.97 Å². The first-order valence-corrected chi connectivity index (χ1v) is 12.4. The van der Waals surface area contributed by atoms with Crippen molar-refractivity contribution in [3.05, 3.63) is 39.9 Å². The van der Waals surface area contributed by atoms with E-state index >= 15 is 0 Å². The Morgan fingerprint density at radius 3 is 2.42 bits per heavy atom. The first-order chi connectivity index (χ1) is 17.5. The van der Waals surface area contributed by atoms with Crippen molar-refractivity contribution in [3.8, 4) is 28.7 Å². The molecule has 194 valence electrons. The minimum absolute atomic E-state index is 0.151. The van der Waals surface area contributed by atoms with E-state index in [0.717, 1.165) is 55.0 Å². The molecule has 2 atom stereocenters. The fourth-order valence-electron chi connectivity index (χ4n) is 5.76. The molecule has 0 aliphatic carbocycles. The number of hydrogen-bond donors (Lipinski definition) is 0. The van der Waals surface area contributed by atoms with Crippen LogP contribution in [0.5, 0.6) is 28.7 Å². The summed E-state index contributed by atoms with van der Waals surface area (Å²) < 4.78 is 35.0. The van der Waals surface area contributed by atoms with Crippen LogP contribution in [0.15, 0.2) is 12.1 Å². The molecule has 5 rings (SSSR count). The summed E-state index contributed by atoms with van der Waals surface area (Å²) in [4.78, 5) is 17.7. The standard InChI is InChI=1S/C27H34N2O7/c1-7-29(8-2)13-17-15-11-12-28(3)21(19(15)25(33-6)26-23(17)34-14-35-26)22-16-9-10-18(31-4)24(32-5)20(16)27(30)36-22/h9-10,21-22H,7-8,11-14H2,1-6H3. The van der Waals surface area contributed by atoms with Crippen LogP contribution in [-0.2, 0) is 17.7 Å². The number of esters is 1. The Morgan fingerprint density at radius 1 is 1.03 bits per heavy atom. The maximum Gasteiger partial charge on any atom is 0.343 e. The van der Waals surface area contributed by atoms with Gasteiger partial charge in [0.2, 0.25) is 12.5 Å². The molecule has 2 unspecified atom stereocenters. The summed E-state index contributed by atoms with van der Waals surface area (Å²) in [6.07, 6.45) is 0.276. The molecule has 0 N–H and O–H groups in total. The van der Waals surface area contributed by atoms with Crippen molar-refractivity contribution in [2.24, 2.45) is 0 Å². The molecule has 3 heterocycles. The summed E-state index contributed by atoms with van der Waals surface area (Å²) in [6, 6.07) is 3.43. The first kappa shape index (κ1) is 24.5. The number of rotatable bonds is 8. The predicted octanol–water partition coefficient (Wildman–Crippen LogP) is 3.72. The summed E-state index contributed by atoms with van der Waals surface area (Å²) in [5, 5.41) is 0. The minimum atomic E-state index is -0.549. The lowest BCUT2D eigenvalue weighted by molar-refractivity contribution is 0.00865. The van der Waals surface area contributed by atoms with E-state index in [2.05, 4.69) is 23.6 Å². The Kier molecular flexibility index (Phi) is 6.61. The van der Waals surface area contributed by atoms with Crippen LogP contribution in [0.4, 0.5) is 0 Å². The zero-order valence-corrected chi connectivity index (χ0v) is 21.8. The third-order valence-corrected chi connectivity index (χ3v) is 7.60. The molecular formula is C27H34N2O7. The predicted molar refractivity (Wildman–Crippen MR) is 133 cm³/mol. The highest BCUT2D eigenvalue weighted by molar-refractivity contribution is 5.98. The Hall–Kier alpha value is -3.17. The number of fused-ring (bicyclic) bond motifs is 3. The van der Waals surface area contributed by atoms with Crippen LogP contribution in [0.25, 0.3) is 0 Å². The van der Waals surface area contributed by atoms with Gasteiger partial charge in [-0.05, 0) is 38.2 Å². The Labute approximate surface area is 211 Å². The van der Waals surface area contributed by atoms with E-state index in [1.807, 2.05) is 19.2 Å². The molecule has 2 aromatic rings. The van der Waals surface area contributed by atoms with Crippen LogP contribution in [-0.4, -0.2) is 70.6 Å². The van der Waals surface area contributed by atoms with Gasteiger partial charge in [0.1, 0.15) is 11.7 Å². The van der Waals surface area contributed by atoms with Gasteiger partial charge in [0.15, 0.2) is 23.0 Å². The van der Waals surface area contributed by atoms with Gasteiger partial charge in [-0.25, -0.2) is 4.79 Å². The number of benzene rings is 2. The van der Waals surface area contributed by atoms with E-state index in [0.29, 0.717) is 28.6 Å². The average molecular weight is 499 g/mol. The molecule has 0 amide bonds. The van der Waals surface area contributed by atoms with E-state index in [4.69, 9.17) is 28.4 Å². The largest absolute Gasteiger partial charge is 0.493 e. The fourth-order valence-corrected chi connectivity index (χ4v) is 5.76. The molecular weight excluding hydrogens is 464 g/mol. The van der Waals surface area contributed by atoms with E-state index in [-0.39, 0.29) is 12.8 Å². The SMILES string of the molecule is CCN(CC)Cc1c2c(c(OC)c3c1OCO3)C(C1OC(=O)c3c1ccc(OC)c3OC)N(C)CC2. The average Bonchev–Trinajstić information content (AvgIpc) is 3.51. The number of likely N-dealkylation sites (N-methyl/N-ethyl adjacent to an activating group) is 1. The van der Waals surface area contributed by atoms with Gasteiger partial charge in [-0.2, -0.15) is 0 Å². The van der Waals surface area contributed by atoms with Crippen LogP contribution in [0.2, 0.25) is 0 Å². The van der Waals surface area contributed by atoms with Crippen molar-refractivity contribution < 1.29 is 33.2 Å². The van der Waals surface area contributed by atoms with Crippen molar-refractivity contribution in [2.75, 3.05) is 54.8 Å². The van der Waals surface area contributed by atoms with Gasteiger partial charge in [-0.1, -0.05) is 19.9 Å². The Balaban J connectivity index is 1.71. The molecule has 3 aliphatic heterocycles. The highest BCUT2D eigenvalue weighted by Crippen LogP contribution is 2.57. The molecule has 9 nitrogen and oxygen atoms in total. The quantitative estimate of drug-likeness (QED) is 0.506. The number of methoxy groups -OCH3 is 3. The van der Waals surface area contributed by atoms with Gasteiger partial charge < -0.3 is 28.4 Å². The van der Waals surface area contributed by atoms with Gasteiger partial charge in [0.05, 0.1) is 27.4 Å². The van der Waals surface area contributed by atoms with Crippen molar-refractivity contribution in [1.29, 1.82) is 0 Å². The molecule has 0 saturated heterocycles. The number of hydrogen-bond acceptors (Lipinski definition) is 9. The van der Waals surface area contributed by atoms with Crippen molar-refractivity contribution in [2.45, 2.75) is 39.0 Å². The minimum Gasteiger partial charge on any atom is -0.493 e. The number of carbonyl (C=O) groups is 1. The molecule has 0 aromatic heterocycles. The Morgan fingerprint density at radius 2 is 1.75 bits per heavy atom.